The summed E-state index contributed by atoms with van der Waals surface area (Å²) in [5.41, 5.74) is 0. The summed E-state index contributed by atoms with van der Waals surface area (Å²) in [7, 11) is 0. The number of aliphatic hydroxyl groups excluding tert-OH is 1. The van der Waals surface area contributed by atoms with E-state index in [1.807, 2.05) is 17.2 Å². The molecular weight excluding hydrogens is 352 g/mol. The lowest BCUT2D eigenvalue weighted by atomic mass is 9.77. The van der Waals surface area contributed by atoms with Gasteiger partial charge in [-0.2, -0.15) is 11.8 Å². The minimum atomic E-state index is -0.304. The predicted octanol–water partition coefficient (Wildman–Crippen LogP) is 1.69. The number of fused-ring (bicyclic) bond motifs is 1. The number of likely N-dealkylation sites (tertiary alicyclic amines) is 1. The molecule has 0 unspecified atom stereocenters. The molecule has 6 nitrogen and oxygen atoms in total. The Morgan fingerprint density at radius 3 is 2.69 bits per heavy atom. The minimum absolute atomic E-state index is 0.0100. The standard InChI is InChI=1S/C19H28N2O4S/c1-26-12-15-2-3-18(25-15)19(23)21-10-13-8-16(17(22)9-14(13)11-21)20-4-6-24-7-5-20/h2-3,13-14,16-17,22H,4-12H2,1H3/t13-,14+,16-,17-/m1/s1. The quantitative estimate of drug-likeness (QED) is 0.857. The molecule has 4 rings (SSSR count). The average Bonchev–Trinajstić information content (AvgIpc) is 3.28. The summed E-state index contributed by atoms with van der Waals surface area (Å²) < 4.78 is 11.1. The van der Waals surface area contributed by atoms with E-state index in [1.54, 1.807) is 17.8 Å². The van der Waals surface area contributed by atoms with Crippen molar-refractivity contribution in [2.45, 2.75) is 30.7 Å². The summed E-state index contributed by atoms with van der Waals surface area (Å²) in [5, 5.41) is 10.7. The molecule has 1 N–H and O–H groups in total. The first-order valence-corrected chi connectivity index (χ1v) is 10.9. The van der Waals surface area contributed by atoms with Gasteiger partial charge >= 0.3 is 0 Å². The van der Waals surface area contributed by atoms with E-state index < -0.39 is 0 Å². The molecule has 4 atom stereocenters. The van der Waals surface area contributed by atoms with Crippen LogP contribution in [-0.2, 0) is 10.5 Å². The smallest absolute Gasteiger partial charge is 0.289 e. The second kappa shape index (κ2) is 7.92. The molecular formula is C19H28N2O4S. The van der Waals surface area contributed by atoms with Crippen molar-refractivity contribution >= 4 is 17.7 Å². The number of hydrogen-bond donors (Lipinski definition) is 1. The monoisotopic (exact) mass is 380 g/mol. The van der Waals surface area contributed by atoms with Gasteiger partial charge in [0, 0.05) is 32.2 Å². The van der Waals surface area contributed by atoms with Crippen LogP contribution in [0.5, 0.6) is 0 Å². The molecule has 0 aromatic carbocycles. The van der Waals surface area contributed by atoms with Gasteiger partial charge in [-0.05, 0) is 43.1 Å². The van der Waals surface area contributed by atoms with Crippen molar-refractivity contribution in [1.82, 2.24) is 9.80 Å². The molecule has 3 aliphatic rings. The van der Waals surface area contributed by atoms with Gasteiger partial charge in [-0.25, -0.2) is 0 Å². The van der Waals surface area contributed by atoms with Gasteiger partial charge in [-0.15, -0.1) is 0 Å². The van der Waals surface area contributed by atoms with Gasteiger partial charge in [0.1, 0.15) is 5.76 Å². The van der Waals surface area contributed by atoms with E-state index in [1.165, 1.54) is 0 Å². The molecule has 2 saturated heterocycles. The Kier molecular flexibility index (Phi) is 5.59. The molecule has 3 fully saturated rings. The van der Waals surface area contributed by atoms with Crippen LogP contribution in [0.3, 0.4) is 0 Å². The number of morpholine rings is 1. The molecule has 0 spiro atoms. The fourth-order valence-electron chi connectivity index (χ4n) is 4.74. The molecule has 0 radical (unpaired) electrons. The highest BCUT2D eigenvalue weighted by molar-refractivity contribution is 7.97. The van der Waals surface area contributed by atoms with E-state index in [9.17, 15) is 9.90 Å². The zero-order chi connectivity index (χ0) is 18.1. The number of nitrogens with zero attached hydrogens (tertiary/aromatic N) is 2. The summed E-state index contributed by atoms with van der Waals surface area (Å²) in [5.74, 6) is 2.93. The molecule has 0 bridgehead atoms. The zero-order valence-electron chi connectivity index (χ0n) is 15.3. The highest BCUT2D eigenvalue weighted by atomic mass is 32.2. The lowest BCUT2D eigenvalue weighted by Crippen LogP contribution is -2.53. The van der Waals surface area contributed by atoms with E-state index in [-0.39, 0.29) is 18.1 Å². The van der Waals surface area contributed by atoms with Gasteiger partial charge in [0.25, 0.3) is 5.91 Å². The average molecular weight is 381 g/mol. The maximum absolute atomic E-state index is 12.8. The Morgan fingerprint density at radius 1 is 1.23 bits per heavy atom. The Bertz CT molecular complexity index is 631. The zero-order valence-corrected chi connectivity index (χ0v) is 16.1. The lowest BCUT2D eigenvalue weighted by Gasteiger charge is -2.43. The Hall–Kier alpha value is -1.02. The number of rotatable bonds is 4. The number of aliphatic hydroxyl groups is 1. The van der Waals surface area contributed by atoms with Crippen molar-refractivity contribution in [1.29, 1.82) is 0 Å². The maximum Gasteiger partial charge on any atom is 0.289 e. The summed E-state index contributed by atoms with van der Waals surface area (Å²) in [6, 6.07) is 3.89. The van der Waals surface area contributed by atoms with Crippen molar-refractivity contribution in [2.75, 3.05) is 45.6 Å². The van der Waals surface area contributed by atoms with Gasteiger partial charge in [-0.1, -0.05) is 0 Å². The second-order valence-electron chi connectivity index (χ2n) is 7.68. The van der Waals surface area contributed by atoms with Crippen molar-refractivity contribution < 1.29 is 19.1 Å². The number of carbonyl (C=O) groups is 1. The van der Waals surface area contributed by atoms with Crippen molar-refractivity contribution in [3.8, 4) is 0 Å². The summed E-state index contributed by atoms with van der Waals surface area (Å²) in [4.78, 5) is 17.1. The van der Waals surface area contributed by atoms with Gasteiger partial charge in [0.2, 0.25) is 0 Å². The topological polar surface area (TPSA) is 66.2 Å². The number of hydrogen-bond acceptors (Lipinski definition) is 6. The molecule has 1 aromatic heterocycles. The van der Waals surface area contributed by atoms with Crippen LogP contribution in [0.15, 0.2) is 16.5 Å². The van der Waals surface area contributed by atoms with Gasteiger partial charge in [-0.3, -0.25) is 9.69 Å². The molecule has 1 saturated carbocycles. The fourth-order valence-corrected chi connectivity index (χ4v) is 5.18. The summed E-state index contributed by atoms with van der Waals surface area (Å²) in [6.07, 6.45) is 3.46. The maximum atomic E-state index is 12.8. The first-order valence-electron chi connectivity index (χ1n) is 9.52. The SMILES string of the molecule is CSCc1ccc(C(=O)N2C[C@H]3C[C@@H](N4CCOCC4)[C@H](O)C[C@H]3C2)o1. The van der Waals surface area contributed by atoms with Crippen LogP contribution in [0.2, 0.25) is 0 Å². The highest BCUT2D eigenvalue weighted by Crippen LogP contribution is 2.39. The van der Waals surface area contributed by atoms with Crippen LogP contribution in [0.25, 0.3) is 0 Å². The van der Waals surface area contributed by atoms with Crippen LogP contribution in [0.4, 0.5) is 0 Å². The number of ether oxygens (including phenoxy) is 1. The number of furan rings is 1. The fraction of sp³-hybridized carbons (Fsp3) is 0.737. The largest absolute Gasteiger partial charge is 0.455 e. The highest BCUT2D eigenvalue weighted by Gasteiger charge is 2.45. The van der Waals surface area contributed by atoms with Crippen LogP contribution >= 0.6 is 11.8 Å². The van der Waals surface area contributed by atoms with E-state index in [0.29, 0.717) is 17.6 Å². The van der Waals surface area contributed by atoms with E-state index >= 15 is 0 Å². The van der Waals surface area contributed by atoms with Gasteiger partial charge in [0.15, 0.2) is 5.76 Å². The van der Waals surface area contributed by atoms with E-state index in [4.69, 9.17) is 9.15 Å². The van der Waals surface area contributed by atoms with Gasteiger partial charge in [0.05, 0.1) is 25.1 Å². The summed E-state index contributed by atoms with van der Waals surface area (Å²) in [6.45, 7) is 4.79. The van der Waals surface area contributed by atoms with E-state index in [2.05, 4.69) is 4.90 Å². The number of amides is 1. The molecule has 1 amide bonds. The first kappa shape index (κ1) is 18.3. The predicted molar refractivity (Wildman–Crippen MR) is 100 cm³/mol. The molecule has 2 aliphatic heterocycles. The minimum Gasteiger partial charge on any atom is -0.455 e. The third-order valence-corrected chi connectivity index (χ3v) is 6.64. The lowest BCUT2D eigenvalue weighted by molar-refractivity contribution is -0.0520. The third-order valence-electron chi connectivity index (χ3n) is 6.07. The number of thioether (sulfide) groups is 1. The Morgan fingerprint density at radius 2 is 1.96 bits per heavy atom. The molecule has 1 aromatic rings. The third kappa shape index (κ3) is 3.67. The molecule has 1 aliphatic carbocycles. The van der Waals surface area contributed by atoms with Crippen molar-refractivity contribution in [2.24, 2.45) is 11.8 Å². The van der Waals surface area contributed by atoms with Crippen LogP contribution in [0.1, 0.15) is 29.2 Å². The van der Waals surface area contributed by atoms with Crippen LogP contribution in [0, 0.1) is 11.8 Å². The van der Waals surface area contributed by atoms with Crippen LogP contribution < -0.4 is 0 Å². The van der Waals surface area contributed by atoms with Crippen molar-refractivity contribution in [3.05, 3.63) is 23.7 Å². The van der Waals surface area contributed by atoms with Gasteiger partial charge < -0.3 is 19.2 Å². The second-order valence-corrected chi connectivity index (χ2v) is 8.55. The van der Waals surface area contributed by atoms with E-state index in [0.717, 1.165) is 63.7 Å². The van der Waals surface area contributed by atoms with Crippen LogP contribution in [-0.4, -0.2) is 78.6 Å². The first-order chi connectivity index (χ1) is 12.7. The molecule has 26 heavy (non-hydrogen) atoms. The molecule has 7 heteroatoms. The summed E-state index contributed by atoms with van der Waals surface area (Å²) >= 11 is 1.68. The molecule has 3 heterocycles. The number of carbonyl (C=O) groups excluding carboxylic acids is 1. The Labute approximate surface area is 158 Å². The Balaban J connectivity index is 1.39. The van der Waals surface area contributed by atoms with Crippen molar-refractivity contribution in [3.63, 3.8) is 0 Å². The molecule has 144 valence electrons. The normalized spacial score (nSPS) is 32.6.